The predicted octanol–water partition coefficient (Wildman–Crippen LogP) is 7.16. The molecule has 6 N–H and O–H groups in total. The summed E-state index contributed by atoms with van der Waals surface area (Å²) in [5.74, 6) is -0.189. The first-order chi connectivity index (χ1) is 23.8. The zero-order valence-electron chi connectivity index (χ0n) is 31.2. The molecule has 0 bridgehead atoms. The summed E-state index contributed by atoms with van der Waals surface area (Å²) in [6.45, 7) is 3.70. The fourth-order valence-electron chi connectivity index (χ4n) is 6.23. The molecule has 7 atom stereocenters. The van der Waals surface area contributed by atoms with Crippen LogP contribution in [-0.2, 0) is 14.3 Å². The van der Waals surface area contributed by atoms with E-state index in [-0.39, 0.29) is 12.5 Å². The molecule has 1 aliphatic heterocycles. The largest absolute Gasteiger partial charge is 0.394 e. The molecule has 0 aromatic rings. The quantitative estimate of drug-likeness (QED) is 0.0320. The van der Waals surface area contributed by atoms with Crippen LogP contribution in [0, 0.1) is 0 Å². The zero-order valence-corrected chi connectivity index (χ0v) is 31.2. The molecule has 1 saturated heterocycles. The Labute approximate surface area is 298 Å². The molecule has 0 aromatic heterocycles. The summed E-state index contributed by atoms with van der Waals surface area (Å²) in [6.07, 6.45) is 28.0. The first-order valence-electron chi connectivity index (χ1n) is 20.1. The number of hydrogen-bond donors (Lipinski definition) is 6. The maximum absolute atomic E-state index is 12.9. The van der Waals surface area contributed by atoms with E-state index in [1.807, 2.05) is 6.08 Å². The molecule has 7 unspecified atom stereocenters. The van der Waals surface area contributed by atoms with E-state index in [0.717, 1.165) is 38.5 Å². The number of aliphatic hydroxyl groups is 5. The molecule has 0 spiro atoms. The number of carbonyl (C=O) groups excluding carboxylic acids is 1. The lowest BCUT2D eigenvalue weighted by Crippen LogP contribution is -2.60. The lowest BCUT2D eigenvalue weighted by atomic mass is 9.99. The van der Waals surface area contributed by atoms with Gasteiger partial charge >= 0.3 is 0 Å². The Kier molecular flexibility index (Phi) is 29.3. The van der Waals surface area contributed by atoms with Crippen molar-refractivity contribution >= 4 is 5.91 Å². The highest BCUT2D eigenvalue weighted by Gasteiger charge is 2.44. The van der Waals surface area contributed by atoms with Crippen LogP contribution in [0.4, 0.5) is 0 Å². The van der Waals surface area contributed by atoms with Crippen LogP contribution < -0.4 is 5.32 Å². The van der Waals surface area contributed by atoms with Crippen LogP contribution in [0.5, 0.6) is 0 Å². The predicted molar refractivity (Wildman–Crippen MR) is 198 cm³/mol. The third-order valence-electron chi connectivity index (χ3n) is 9.53. The Morgan fingerprint density at radius 3 is 1.71 bits per heavy atom. The van der Waals surface area contributed by atoms with Gasteiger partial charge in [0.25, 0.3) is 0 Å². The lowest BCUT2D eigenvalue weighted by Gasteiger charge is -2.40. The first kappa shape index (κ1) is 45.7. The Bertz CT molecular complexity index is 822. The second kappa shape index (κ2) is 31.4. The number of aliphatic hydroxyl groups excluding tert-OH is 5. The summed E-state index contributed by atoms with van der Waals surface area (Å²) < 4.78 is 11.1. The monoisotopic (exact) mass is 698 g/mol. The van der Waals surface area contributed by atoms with Crippen LogP contribution in [0.2, 0.25) is 0 Å². The summed E-state index contributed by atoms with van der Waals surface area (Å²) in [4.78, 5) is 12.9. The highest BCUT2D eigenvalue weighted by Crippen LogP contribution is 2.22. The van der Waals surface area contributed by atoms with E-state index >= 15 is 0 Å². The number of carbonyl (C=O) groups is 1. The first-order valence-corrected chi connectivity index (χ1v) is 20.1. The maximum atomic E-state index is 12.9. The normalized spacial score (nSPS) is 22.6. The molecule has 1 fully saturated rings. The summed E-state index contributed by atoms with van der Waals surface area (Å²) in [7, 11) is 0. The Morgan fingerprint density at radius 2 is 1.16 bits per heavy atom. The van der Waals surface area contributed by atoms with Crippen molar-refractivity contribution in [1.29, 1.82) is 0 Å². The summed E-state index contributed by atoms with van der Waals surface area (Å²) >= 11 is 0. The molecule has 1 amide bonds. The number of rotatable bonds is 32. The topological polar surface area (TPSA) is 149 Å². The number of nitrogens with one attached hydrogen (secondary N) is 1. The van der Waals surface area contributed by atoms with E-state index in [0.29, 0.717) is 6.42 Å². The van der Waals surface area contributed by atoms with Gasteiger partial charge in [-0.25, -0.2) is 0 Å². The van der Waals surface area contributed by atoms with Crippen molar-refractivity contribution in [3.8, 4) is 0 Å². The highest BCUT2D eigenvalue weighted by atomic mass is 16.7. The molecule has 0 radical (unpaired) electrons. The fourth-order valence-corrected chi connectivity index (χ4v) is 6.23. The maximum Gasteiger partial charge on any atom is 0.220 e. The molecule has 9 heteroatoms. The molecule has 1 heterocycles. The van der Waals surface area contributed by atoms with Gasteiger partial charge < -0.3 is 40.3 Å². The Balaban J connectivity index is 2.41. The van der Waals surface area contributed by atoms with Gasteiger partial charge in [-0.1, -0.05) is 154 Å². The minimum Gasteiger partial charge on any atom is -0.394 e. The van der Waals surface area contributed by atoms with Crippen LogP contribution in [0.25, 0.3) is 0 Å². The zero-order chi connectivity index (χ0) is 36.0. The number of amides is 1. The van der Waals surface area contributed by atoms with Crippen LogP contribution >= 0.6 is 0 Å². The molecular formula is C40H75NO8. The van der Waals surface area contributed by atoms with Crippen LogP contribution in [-0.4, -0.2) is 87.5 Å². The number of ether oxygens (including phenoxy) is 2. The summed E-state index contributed by atoms with van der Waals surface area (Å²) in [5.41, 5.74) is 0. The van der Waals surface area contributed by atoms with E-state index in [9.17, 15) is 30.3 Å². The van der Waals surface area contributed by atoms with Crippen molar-refractivity contribution < 1.29 is 39.8 Å². The summed E-state index contributed by atoms with van der Waals surface area (Å²) in [6, 6.07) is -0.814. The third-order valence-corrected chi connectivity index (χ3v) is 9.53. The van der Waals surface area contributed by atoms with Crippen molar-refractivity contribution in [3.05, 3.63) is 24.3 Å². The molecule has 0 saturated carbocycles. The number of hydrogen-bond acceptors (Lipinski definition) is 8. The average Bonchev–Trinajstić information content (AvgIpc) is 3.10. The SMILES string of the molecule is CCCCCC/C=C/CC/C=C/C(O)C(COC1OC(CO)C(O)C(O)C1O)NC(=O)CCCCCCCCCCCCCCCCCC. The van der Waals surface area contributed by atoms with Crippen molar-refractivity contribution in [1.82, 2.24) is 5.32 Å². The van der Waals surface area contributed by atoms with Crippen LogP contribution in [0.3, 0.4) is 0 Å². The third kappa shape index (κ3) is 23.0. The second-order valence-electron chi connectivity index (χ2n) is 14.1. The molecule has 1 rings (SSSR count). The van der Waals surface area contributed by atoms with E-state index in [1.165, 1.54) is 109 Å². The van der Waals surface area contributed by atoms with E-state index in [2.05, 4.69) is 31.3 Å². The van der Waals surface area contributed by atoms with Gasteiger partial charge in [0.1, 0.15) is 24.4 Å². The molecule has 0 aliphatic carbocycles. The van der Waals surface area contributed by atoms with Gasteiger partial charge in [0.2, 0.25) is 5.91 Å². The fraction of sp³-hybridized carbons (Fsp3) is 0.875. The van der Waals surface area contributed by atoms with Gasteiger partial charge in [-0.15, -0.1) is 0 Å². The molecule has 0 aromatic carbocycles. The molecule has 9 nitrogen and oxygen atoms in total. The van der Waals surface area contributed by atoms with Crippen LogP contribution in [0.15, 0.2) is 24.3 Å². The number of unbranched alkanes of at least 4 members (excludes halogenated alkanes) is 20. The lowest BCUT2D eigenvalue weighted by molar-refractivity contribution is -0.302. The summed E-state index contributed by atoms with van der Waals surface area (Å²) in [5, 5.41) is 53.8. The molecular weight excluding hydrogens is 622 g/mol. The standard InChI is InChI=1S/C40H75NO8/c1-3-5-7-9-11-13-15-16-17-18-19-20-22-24-26-28-30-36(44)41-33(32-48-40-39(47)38(46)37(45)35(31-42)49-40)34(43)29-27-25-23-21-14-12-10-8-6-4-2/h14,21,27,29,33-35,37-40,42-43,45-47H,3-13,15-20,22-26,28,30-32H2,1-2H3,(H,41,44)/b21-14+,29-27+. The van der Waals surface area contributed by atoms with Crippen molar-refractivity contribution in [2.24, 2.45) is 0 Å². The number of allylic oxidation sites excluding steroid dienone is 3. The van der Waals surface area contributed by atoms with E-state index in [4.69, 9.17) is 9.47 Å². The Morgan fingerprint density at radius 1 is 0.673 bits per heavy atom. The van der Waals surface area contributed by atoms with Gasteiger partial charge in [-0.3, -0.25) is 4.79 Å². The Hall–Kier alpha value is -1.33. The van der Waals surface area contributed by atoms with Gasteiger partial charge in [-0.2, -0.15) is 0 Å². The minimum absolute atomic E-state index is 0.189. The highest BCUT2D eigenvalue weighted by molar-refractivity contribution is 5.76. The van der Waals surface area contributed by atoms with Crippen molar-refractivity contribution in [3.63, 3.8) is 0 Å². The van der Waals surface area contributed by atoms with Crippen molar-refractivity contribution in [2.45, 2.75) is 211 Å². The van der Waals surface area contributed by atoms with Crippen LogP contribution in [0.1, 0.15) is 168 Å². The smallest absolute Gasteiger partial charge is 0.220 e. The van der Waals surface area contributed by atoms with Gasteiger partial charge in [0.15, 0.2) is 6.29 Å². The average molecular weight is 698 g/mol. The van der Waals surface area contributed by atoms with E-state index < -0.39 is 49.5 Å². The molecule has 1 aliphatic rings. The van der Waals surface area contributed by atoms with Gasteiger partial charge in [0.05, 0.1) is 25.4 Å². The van der Waals surface area contributed by atoms with Gasteiger partial charge in [0, 0.05) is 6.42 Å². The van der Waals surface area contributed by atoms with E-state index in [1.54, 1.807) is 6.08 Å². The molecule has 288 valence electrons. The second-order valence-corrected chi connectivity index (χ2v) is 14.1. The van der Waals surface area contributed by atoms with Gasteiger partial charge in [-0.05, 0) is 32.1 Å². The minimum atomic E-state index is -1.57. The molecule has 49 heavy (non-hydrogen) atoms. The van der Waals surface area contributed by atoms with Crippen molar-refractivity contribution in [2.75, 3.05) is 13.2 Å².